The lowest BCUT2D eigenvalue weighted by molar-refractivity contribution is 0.627. The molecule has 0 spiro atoms. The van der Waals surface area contributed by atoms with Gasteiger partial charge in [0.15, 0.2) is 0 Å². The van der Waals surface area contributed by atoms with Crippen LogP contribution in [0, 0.1) is 5.82 Å². The molecule has 1 rings (SSSR count). The second kappa shape index (κ2) is 3.37. The zero-order valence-electron chi connectivity index (χ0n) is 6.07. The number of hydrogen-bond acceptors (Lipinski definition) is 0. The summed E-state index contributed by atoms with van der Waals surface area (Å²) in [4.78, 5) is 0. The van der Waals surface area contributed by atoms with Crippen LogP contribution in [0.4, 0.5) is 4.39 Å². The van der Waals surface area contributed by atoms with Crippen molar-refractivity contribution in [2.75, 3.05) is 0 Å². The van der Waals surface area contributed by atoms with Gasteiger partial charge in [-0.15, -0.1) is 0 Å². The van der Waals surface area contributed by atoms with Gasteiger partial charge in [0.1, 0.15) is 5.82 Å². The fourth-order valence-electron chi connectivity index (χ4n) is 0.782. The van der Waals surface area contributed by atoms with Crippen molar-refractivity contribution in [3.05, 3.63) is 34.6 Å². The van der Waals surface area contributed by atoms with Crippen molar-refractivity contribution < 1.29 is 4.39 Å². The van der Waals surface area contributed by atoms with Crippen LogP contribution in [0.1, 0.15) is 18.0 Å². The van der Waals surface area contributed by atoms with Crippen molar-refractivity contribution in [1.29, 1.82) is 0 Å². The summed E-state index contributed by atoms with van der Waals surface area (Å²) in [6, 6.07) is 4.70. The van der Waals surface area contributed by atoms with Gasteiger partial charge in [0.25, 0.3) is 0 Å². The predicted octanol–water partition coefficient (Wildman–Crippen LogP) is 2.71. The molecule has 0 aliphatic heterocycles. The van der Waals surface area contributed by atoms with Crippen LogP contribution >= 0.6 is 11.6 Å². The van der Waals surface area contributed by atoms with E-state index in [1.54, 1.807) is 12.1 Å². The second-order valence-electron chi connectivity index (χ2n) is 2.40. The smallest absolute Gasteiger partial charge is 0.141 e. The molecule has 1 aromatic rings. The van der Waals surface area contributed by atoms with Crippen LogP contribution < -0.4 is 0 Å². The molecule has 0 nitrogen and oxygen atoms in total. The zero-order chi connectivity index (χ0) is 8.43. The number of rotatable bonds is 1. The van der Waals surface area contributed by atoms with E-state index in [1.165, 1.54) is 6.07 Å². The Morgan fingerprint density at radius 1 is 1.55 bits per heavy atom. The van der Waals surface area contributed by atoms with Gasteiger partial charge in [-0.1, -0.05) is 24.6 Å². The molecule has 3 radical (unpaired) electrons. The van der Waals surface area contributed by atoms with Crippen molar-refractivity contribution >= 4 is 21.8 Å². The first-order valence-corrected chi connectivity index (χ1v) is 4.23. The van der Waals surface area contributed by atoms with Gasteiger partial charge in [-0.25, -0.2) is 4.39 Å². The fraction of sp³-hybridized carbons (Fsp3) is 0.250. The van der Waals surface area contributed by atoms with Gasteiger partial charge >= 0.3 is 0 Å². The molecule has 0 N–H and O–H groups in total. The summed E-state index contributed by atoms with van der Waals surface area (Å²) in [5, 5.41) is 0.174. The zero-order valence-corrected chi connectivity index (χ0v) is 7.82. The topological polar surface area (TPSA) is 0 Å². The molecule has 0 aliphatic carbocycles. The molecular weight excluding hydrogens is 179 g/mol. The van der Waals surface area contributed by atoms with E-state index in [4.69, 9.17) is 11.6 Å². The minimum absolute atomic E-state index is 0.174. The predicted molar refractivity (Wildman–Crippen MR) is 45.6 cm³/mol. The summed E-state index contributed by atoms with van der Waals surface area (Å²) in [6.45, 7) is 1.96. The van der Waals surface area contributed by atoms with Crippen molar-refractivity contribution in [3.63, 3.8) is 0 Å². The highest BCUT2D eigenvalue weighted by Crippen LogP contribution is 2.19. The lowest BCUT2D eigenvalue weighted by Gasteiger charge is -2.04. The Labute approximate surface area is 73.8 Å². The lowest BCUT2D eigenvalue weighted by Crippen LogP contribution is -1.92. The number of benzene rings is 1. The molecule has 0 aromatic heterocycles. The van der Waals surface area contributed by atoms with Gasteiger partial charge < -0.3 is 0 Å². The van der Waals surface area contributed by atoms with Gasteiger partial charge in [-0.3, -0.25) is 0 Å². The van der Waals surface area contributed by atoms with Crippen LogP contribution in [0.2, 0.25) is 5.02 Å². The molecule has 11 heavy (non-hydrogen) atoms. The Kier molecular flexibility index (Phi) is 2.68. The minimum Gasteiger partial charge on any atom is -0.205 e. The maximum absolute atomic E-state index is 12.6. The molecule has 0 amide bonds. The van der Waals surface area contributed by atoms with Gasteiger partial charge in [-0.2, -0.15) is 0 Å². The molecule has 57 valence electrons. The Bertz CT molecular complexity index is 260. The van der Waals surface area contributed by atoms with Crippen molar-refractivity contribution in [1.82, 2.24) is 0 Å². The molecule has 0 aliphatic rings. The summed E-state index contributed by atoms with van der Waals surface area (Å²) in [5.74, 6) is -0.372. The first-order valence-electron chi connectivity index (χ1n) is 3.27. The third-order valence-corrected chi connectivity index (χ3v) is 2.07. The summed E-state index contributed by atoms with van der Waals surface area (Å²) >= 11 is 5.56. The van der Waals surface area contributed by atoms with E-state index in [1.807, 2.05) is 6.92 Å². The molecule has 0 saturated heterocycles. The number of hydrogen-bond donors (Lipinski definition) is 0. The van der Waals surface area contributed by atoms with Crippen LogP contribution in [-0.4, -0.2) is 10.2 Å². The second-order valence-corrected chi connectivity index (χ2v) is 3.67. The van der Waals surface area contributed by atoms with E-state index in [0.29, 0.717) is 0 Å². The van der Waals surface area contributed by atoms with E-state index in [0.717, 1.165) is 5.56 Å². The van der Waals surface area contributed by atoms with Gasteiger partial charge in [0.2, 0.25) is 0 Å². The quantitative estimate of drug-likeness (QED) is 0.591. The average Bonchev–Trinajstić information content (AvgIpc) is 1.94. The van der Waals surface area contributed by atoms with Crippen LogP contribution in [0.3, 0.4) is 0 Å². The highest BCUT2D eigenvalue weighted by molar-refractivity contribution is 6.30. The van der Waals surface area contributed by atoms with Gasteiger partial charge in [0.05, 0.1) is 5.02 Å². The Morgan fingerprint density at radius 2 is 2.18 bits per heavy atom. The first-order chi connectivity index (χ1) is 5.11. The normalized spacial score (nSPS) is 13.1. The van der Waals surface area contributed by atoms with Crippen LogP contribution in [0.15, 0.2) is 18.2 Å². The molecule has 0 heterocycles. The Hall–Kier alpha value is -0.343. The largest absolute Gasteiger partial charge is 0.205 e. The third kappa shape index (κ3) is 2.04. The molecule has 1 aromatic carbocycles. The standard InChI is InChI=1S/C8H7ClFSi/c1-5(11)6-2-3-8(10)7(9)4-6/h2-5H,1H3. The summed E-state index contributed by atoms with van der Waals surface area (Å²) in [7, 11) is 3.41. The Balaban J connectivity index is 3.05. The Morgan fingerprint density at radius 3 is 2.64 bits per heavy atom. The minimum atomic E-state index is -0.372. The number of halogens is 2. The summed E-state index contributed by atoms with van der Waals surface area (Å²) in [5.41, 5.74) is 1.18. The first kappa shape index (κ1) is 8.75. The van der Waals surface area contributed by atoms with Crippen LogP contribution in [-0.2, 0) is 0 Å². The van der Waals surface area contributed by atoms with Crippen molar-refractivity contribution in [2.24, 2.45) is 0 Å². The third-order valence-electron chi connectivity index (χ3n) is 1.44. The SMILES string of the molecule is CC([Si])c1ccc(F)c(Cl)c1. The van der Waals surface area contributed by atoms with Crippen molar-refractivity contribution in [3.8, 4) is 0 Å². The monoisotopic (exact) mass is 185 g/mol. The summed E-state index contributed by atoms with van der Waals surface area (Å²) < 4.78 is 12.6. The van der Waals surface area contributed by atoms with E-state index >= 15 is 0 Å². The van der Waals surface area contributed by atoms with Crippen LogP contribution in [0.5, 0.6) is 0 Å². The molecule has 1 unspecified atom stereocenters. The molecule has 0 saturated carbocycles. The van der Waals surface area contributed by atoms with E-state index in [9.17, 15) is 4.39 Å². The summed E-state index contributed by atoms with van der Waals surface area (Å²) in [6.07, 6.45) is 0. The highest BCUT2D eigenvalue weighted by atomic mass is 35.5. The van der Waals surface area contributed by atoms with Gasteiger partial charge in [0, 0.05) is 10.2 Å². The van der Waals surface area contributed by atoms with E-state index in [-0.39, 0.29) is 16.4 Å². The van der Waals surface area contributed by atoms with Crippen molar-refractivity contribution in [2.45, 2.75) is 12.5 Å². The average molecular weight is 186 g/mol. The molecule has 3 heteroatoms. The maximum atomic E-state index is 12.6. The lowest BCUT2D eigenvalue weighted by atomic mass is 10.2. The maximum Gasteiger partial charge on any atom is 0.141 e. The molecule has 0 fully saturated rings. The van der Waals surface area contributed by atoms with Gasteiger partial charge in [-0.05, 0) is 23.2 Å². The van der Waals surface area contributed by atoms with E-state index in [2.05, 4.69) is 10.2 Å². The van der Waals surface area contributed by atoms with Crippen LogP contribution in [0.25, 0.3) is 0 Å². The molecule has 1 atom stereocenters. The molecule has 0 bridgehead atoms. The van der Waals surface area contributed by atoms with E-state index < -0.39 is 0 Å². The fourth-order valence-corrected chi connectivity index (χ4v) is 1.15. The highest BCUT2D eigenvalue weighted by Gasteiger charge is 2.02. The molecular formula is C8H7ClFSi.